The van der Waals surface area contributed by atoms with Crippen LogP contribution in [0.5, 0.6) is 0 Å². The van der Waals surface area contributed by atoms with Gasteiger partial charge in [-0.25, -0.2) is 4.98 Å². The van der Waals surface area contributed by atoms with Crippen LogP contribution in [0.2, 0.25) is 0 Å². The van der Waals surface area contributed by atoms with Crippen molar-refractivity contribution >= 4 is 11.0 Å². The van der Waals surface area contributed by atoms with E-state index in [2.05, 4.69) is 40.2 Å². The molecule has 0 radical (unpaired) electrons. The molecule has 2 aromatic rings. The first-order chi connectivity index (χ1) is 8.18. The number of pyridine rings is 1. The maximum atomic E-state index is 4.57. The molecule has 0 aliphatic rings. The molecule has 88 valence electrons. The van der Waals surface area contributed by atoms with Crippen LogP contribution in [0.3, 0.4) is 0 Å². The molecule has 2 aromatic heterocycles. The van der Waals surface area contributed by atoms with Crippen molar-refractivity contribution in [1.29, 1.82) is 0 Å². The van der Waals surface area contributed by atoms with Crippen LogP contribution in [0.4, 0.5) is 0 Å². The van der Waals surface area contributed by atoms with Crippen LogP contribution in [0.15, 0.2) is 36.3 Å². The lowest BCUT2D eigenvalue weighted by molar-refractivity contribution is 0.831. The predicted octanol–water partition coefficient (Wildman–Crippen LogP) is 2.88. The van der Waals surface area contributed by atoms with Gasteiger partial charge in [0.25, 0.3) is 0 Å². The molecular formula is C14H17N3. The summed E-state index contributed by atoms with van der Waals surface area (Å²) < 4.78 is 2.08. The molecule has 3 heteroatoms. The number of allylic oxidation sites excluding steroid dienone is 1. The van der Waals surface area contributed by atoms with Gasteiger partial charge in [-0.1, -0.05) is 13.8 Å². The molecule has 0 atom stereocenters. The summed E-state index contributed by atoms with van der Waals surface area (Å²) in [6, 6.07) is 1.94. The van der Waals surface area contributed by atoms with E-state index in [4.69, 9.17) is 0 Å². The number of hydrogen-bond acceptors (Lipinski definition) is 2. The fourth-order valence-corrected chi connectivity index (χ4v) is 1.68. The summed E-state index contributed by atoms with van der Waals surface area (Å²) in [5.41, 5.74) is 5.26. The molecular weight excluding hydrogens is 210 g/mol. The Kier molecular flexibility index (Phi) is 3.40. The van der Waals surface area contributed by atoms with E-state index in [0.717, 1.165) is 23.3 Å². The minimum atomic E-state index is 0.538. The van der Waals surface area contributed by atoms with E-state index in [1.54, 1.807) is 6.20 Å². The third-order valence-corrected chi connectivity index (χ3v) is 2.61. The van der Waals surface area contributed by atoms with Crippen molar-refractivity contribution in [2.24, 2.45) is 13.0 Å². The highest BCUT2D eigenvalue weighted by atomic mass is 15.1. The van der Waals surface area contributed by atoms with Gasteiger partial charge in [-0.3, -0.25) is 4.98 Å². The fraction of sp³-hybridized carbons (Fsp3) is 0.357. The van der Waals surface area contributed by atoms with E-state index in [0.29, 0.717) is 5.92 Å². The summed E-state index contributed by atoms with van der Waals surface area (Å²) >= 11 is 0. The lowest BCUT2D eigenvalue weighted by Crippen LogP contribution is -1.95. The zero-order valence-corrected chi connectivity index (χ0v) is 10.5. The van der Waals surface area contributed by atoms with Crippen LogP contribution in [-0.4, -0.2) is 14.5 Å². The molecule has 0 unspecified atom stereocenters. The molecule has 0 N–H and O–H groups in total. The molecule has 0 aliphatic heterocycles. The van der Waals surface area contributed by atoms with Crippen molar-refractivity contribution in [3.05, 3.63) is 42.2 Å². The number of hydrogen-bond donors (Lipinski definition) is 0. The van der Waals surface area contributed by atoms with E-state index in [1.807, 2.05) is 25.4 Å². The second-order valence-corrected chi connectivity index (χ2v) is 4.44. The second kappa shape index (κ2) is 4.98. The van der Waals surface area contributed by atoms with Gasteiger partial charge in [0.15, 0.2) is 0 Å². The summed E-state index contributed by atoms with van der Waals surface area (Å²) in [6.07, 6.45) is 8.50. The minimum Gasteiger partial charge on any atom is -0.330 e. The van der Waals surface area contributed by atoms with Gasteiger partial charge in [-0.15, -0.1) is 5.73 Å². The van der Waals surface area contributed by atoms with Gasteiger partial charge < -0.3 is 4.57 Å². The first-order valence-corrected chi connectivity index (χ1v) is 5.85. The van der Waals surface area contributed by atoms with Gasteiger partial charge in [0.05, 0.1) is 17.2 Å². The average molecular weight is 227 g/mol. The maximum Gasteiger partial charge on any atom is 0.114 e. The molecule has 0 aromatic carbocycles. The van der Waals surface area contributed by atoms with Gasteiger partial charge >= 0.3 is 0 Å². The summed E-state index contributed by atoms with van der Waals surface area (Å²) in [4.78, 5) is 8.68. The van der Waals surface area contributed by atoms with Crippen LogP contribution >= 0.6 is 0 Å². The lowest BCUT2D eigenvalue weighted by atomic mass is 10.2. The first-order valence-electron chi connectivity index (χ1n) is 5.85. The summed E-state index contributed by atoms with van der Waals surface area (Å²) in [7, 11) is 2.02. The Labute approximate surface area is 102 Å². The van der Waals surface area contributed by atoms with Gasteiger partial charge in [0, 0.05) is 19.7 Å². The third kappa shape index (κ3) is 2.63. The highest BCUT2D eigenvalue weighted by Gasteiger charge is 2.04. The van der Waals surface area contributed by atoms with E-state index in [9.17, 15) is 0 Å². The Bertz CT molecular complexity index is 572. The van der Waals surface area contributed by atoms with Crippen molar-refractivity contribution < 1.29 is 0 Å². The molecule has 2 rings (SSSR count). The predicted molar refractivity (Wildman–Crippen MR) is 69.7 cm³/mol. The van der Waals surface area contributed by atoms with Crippen LogP contribution in [-0.2, 0) is 13.5 Å². The Morgan fingerprint density at radius 1 is 1.47 bits per heavy atom. The quantitative estimate of drug-likeness (QED) is 0.755. The third-order valence-electron chi connectivity index (χ3n) is 2.61. The van der Waals surface area contributed by atoms with Crippen molar-refractivity contribution in [1.82, 2.24) is 14.5 Å². The standard InChI is InChI=1S/C14H17N3/c1-11(2)6-4-5-7-14-16-12-8-9-15-10-13(12)17(14)3/h5-6,8-11H,7H2,1-3H3. The SMILES string of the molecule is CC(C)C=C=CCc1nc2ccncc2n1C. The Morgan fingerprint density at radius 2 is 2.29 bits per heavy atom. The molecule has 0 bridgehead atoms. The molecule has 0 aliphatic carbocycles. The average Bonchev–Trinajstić information content (AvgIpc) is 2.63. The van der Waals surface area contributed by atoms with Gasteiger partial charge in [0.2, 0.25) is 0 Å². The van der Waals surface area contributed by atoms with Gasteiger partial charge in [0.1, 0.15) is 5.82 Å². The summed E-state index contributed by atoms with van der Waals surface area (Å²) in [6.45, 7) is 4.28. The van der Waals surface area contributed by atoms with E-state index in [-0.39, 0.29) is 0 Å². The lowest BCUT2D eigenvalue weighted by Gasteiger charge is -1.97. The van der Waals surface area contributed by atoms with Crippen LogP contribution < -0.4 is 0 Å². The van der Waals surface area contributed by atoms with Crippen LogP contribution in [0.1, 0.15) is 19.7 Å². The Balaban J connectivity index is 2.25. The monoisotopic (exact) mass is 227 g/mol. The molecule has 0 amide bonds. The number of aryl methyl sites for hydroxylation is 1. The number of imidazole rings is 1. The van der Waals surface area contributed by atoms with E-state index in [1.165, 1.54) is 0 Å². The highest BCUT2D eigenvalue weighted by molar-refractivity contribution is 5.74. The second-order valence-electron chi connectivity index (χ2n) is 4.44. The smallest absolute Gasteiger partial charge is 0.114 e. The fourth-order valence-electron chi connectivity index (χ4n) is 1.68. The van der Waals surface area contributed by atoms with E-state index < -0.39 is 0 Å². The van der Waals surface area contributed by atoms with Crippen molar-refractivity contribution in [3.63, 3.8) is 0 Å². The number of fused-ring (bicyclic) bond motifs is 1. The minimum absolute atomic E-state index is 0.538. The zero-order valence-electron chi connectivity index (χ0n) is 10.5. The van der Waals surface area contributed by atoms with Gasteiger partial charge in [-0.05, 0) is 24.1 Å². The van der Waals surface area contributed by atoms with Gasteiger partial charge in [-0.2, -0.15) is 0 Å². The van der Waals surface area contributed by atoms with Crippen molar-refractivity contribution in [2.75, 3.05) is 0 Å². The van der Waals surface area contributed by atoms with Crippen molar-refractivity contribution in [3.8, 4) is 0 Å². The maximum absolute atomic E-state index is 4.57. The van der Waals surface area contributed by atoms with Crippen molar-refractivity contribution in [2.45, 2.75) is 20.3 Å². The number of aromatic nitrogens is 3. The van der Waals surface area contributed by atoms with E-state index >= 15 is 0 Å². The largest absolute Gasteiger partial charge is 0.330 e. The molecule has 3 nitrogen and oxygen atoms in total. The molecule has 0 saturated carbocycles. The Hall–Kier alpha value is -1.86. The first kappa shape index (κ1) is 11.6. The van der Waals surface area contributed by atoms with Crippen LogP contribution in [0.25, 0.3) is 11.0 Å². The molecule has 2 heterocycles. The highest BCUT2D eigenvalue weighted by Crippen LogP contribution is 2.13. The molecule has 0 spiro atoms. The molecule has 0 saturated heterocycles. The number of nitrogens with zero attached hydrogens (tertiary/aromatic N) is 3. The molecule has 17 heavy (non-hydrogen) atoms. The summed E-state index contributed by atoms with van der Waals surface area (Å²) in [5.74, 6) is 1.58. The molecule has 0 fully saturated rings. The number of rotatable bonds is 3. The van der Waals surface area contributed by atoms with Crippen LogP contribution in [0, 0.1) is 5.92 Å². The topological polar surface area (TPSA) is 30.7 Å². The summed E-state index contributed by atoms with van der Waals surface area (Å²) in [5, 5.41) is 0. The Morgan fingerprint density at radius 3 is 3.00 bits per heavy atom. The normalized spacial score (nSPS) is 10.6. The zero-order chi connectivity index (χ0) is 12.3.